The zero-order valence-corrected chi connectivity index (χ0v) is 18.2. The first-order valence-corrected chi connectivity index (χ1v) is 11.2. The molecule has 30 heavy (non-hydrogen) atoms. The second kappa shape index (κ2) is 9.20. The van der Waals surface area contributed by atoms with Crippen LogP contribution in [0.15, 0.2) is 47.4 Å². The Kier molecular flexibility index (Phi) is 6.84. The van der Waals surface area contributed by atoms with Crippen molar-refractivity contribution in [3.8, 4) is 5.75 Å². The van der Waals surface area contributed by atoms with Crippen LogP contribution in [0.3, 0.4) is 0 Å². The van der Waals surface area contributed by atoms with Gasteiger partial charge < -0.3 is 14.5 Å². The quantitative estimate of drug-likeness (QED) is 0.724. The fourth-order valence-corrected chi connectivity index (χ4v) is 4.95. The maximum Gasteiger partial charge on any atom is 0.245 e. The van der Waals surface area contributed by atoms with Gasteiger partial charge in [-0.2, -0.15) is 4.72 Å². The lowest BCUT2D eigenvalue weighted by Gasteiger charge is -2.37. The Hall–Kier alpha value is -2.36. The molecule has 1 aliphatic heterocycles. The van der Waals surface area contributed by atoms with E-state index in [1.807, 2.05) is 0 Å². The highest BCUT2D eigenvalue weighted by molar-refractivity contribution is 7.89. The molecule has 2 aromatic rings. The van der Waals surface area contributed by atoms with Crippen LogP contribution in [0.25, 0.3) is 0 Å². The van der Waals surface area contributed by atoms with E-state index in [4.69, 9.17) is 16.3 Å². The number of carbonyl (C=O) groups excluding carboxylic acids is 1. The van der Waals surface area contributed by atoms with Gasteiger partial charge >= 0.3 is 0 Å². The number of methoxy groups -OCH3 is 1. The van der Waals surface area contributed by atoms with Crippen molar-refractivity contribution in [3.63, 3.8) is 0 Å². The third kappa shape index (κ3) is 5.03. The topological polar surface area (TPSA) is 78.9 Å². The number of amides is 1. The molecule has 1 fully saturated rings. The summed E-state index contributed by atoms with van der Waals surface area (Å²) >= 11 is 5.93. The monoisotopic (exact) mass is 455 g/mol. The van der Waals surface area contributed by atoms with Gasteiger partial charge in [0.2, 0.25) is 15.9 Å². The molecule has 0 aliphatic carbocycles. The van der Waals surface area contributed by atoms with Crippen molar-refractivity contribution in [1.29, 1.82) is 0 Å². The van der Waals surface area contributed by atoms with Gasteiger partial charge in [-0.1, -0.05) is 11.6 Å². The molecule has 0 saturated carbocycles. The standard InChI is InChI=1S/C20H23ClFN3O4S/c1-14(23-30(27,28)19-13-15(21)3-8-18(19)29-2)20(26)25-11-9-24(10-12-25)17-6-4-16(22)5-7-17/h3-8,13-14,23H,9-12H2,1-2H3/t14-/m0/s1. The number of rotatable bonds is 6. The lowest BCUT2D eigenvalue weighted by molar-refractivity contribution is -0.132. The predicted molar refractivity (Wildman–Crippen MR) is 113 cm³/mol. The third-order valence-electron chi connectivity index (χ3n) is 4.90. The lowest BCUT2D eigenvalue weighted by atomic mass is 10.2. The maximum atomic E-state index is 13.1. The van der Waals surface area contributed by atoms with Crippen LogP contribution in [0.5, 0.6) is 5.75 Å². The van der Waals surface area contributed by atoms with Crippen molar-refractivity contribution < 1.29 is 22.3 Å². The molecule has 162 valence electrons. The van der Waals surface area contributed by atoms with Crippen LogP contribution in [-0.4, -0.2) is 58.6 Å². The highest BCUT2D eigenvalue weighted by Crippen LogP contribution is 2.27. The number of carbonyl (C=O) groups is 1. The Morgan fingerprint density at radius 3 is 2.37 bits per heavy atom. The largest absolute Gasteiger partial charge is 0.495 e. The Morgan fingerprint density at radius 1 is 1.13 bits per heavy atom. The van der Waals surface area contributed by atoms with Gasteiger partial charge in [0.25, 0.3) is 0 Å². The molecule has 1 aliphatic rings. The molecule has 1 N–H and O–H groups in total. The van der Waals surface area contributed by atoms with Gasteiger partial charge in [0, 0.05) is 36.9 Å². The van der Waals surface area contributed by atoms with Crippen molar-refractivity contribution in [2.24, 2.45) is 0 Å². The highest BCUT2D eigenvalue weighted by Gasteiger charge is 2.29. The Bertz CT molecular complexity index is 1010. The number of piperazine rings is 1. The summed E-state index contributed by atoms with van der Waals surface area (Å²) in [7, 11) is -2.66. The summed E-state index contributed by atoms with van der Waals surface area (Å²) < 4.78 is 46.1. The molecular formula is C20H23ClFN3O4S. The Balaban J connectivity index is 1.64. The van der Waals surface area contributed by atoms with E-state index >= 15 is 0 Å². The van der Waals surface area contributed by atoms with Gasteiger partial charge in [0.15, 0.2) is 0 Å². The molecule has 1 amide bonds. The summed E-state index contributed by atoms with van der Waals surface area (Å²) in [6.07, 6.45) is 0. The van der Waals surface area contributed by atoms with E-state index < -0.39 is 16.1 Å². The van der Waals surface area contributed by atoms with E-state index in [1.54, 1.807) is 17.0 Å². The molecule has 0 spiro atoms. The van der Waals surface area contributed by atoms with Crippen LogP contribution in [0.1, 0.15) is 6.92 Å². The van der Waals surface area contributed by atoms with Gasteiger partial charge in [-0.05, 0) is 49.4 Å². The summed E-state index contributed by atoms with van der Waals surface area (Å²) in [5.41, 5.74) is 0.880. The molecule has 3 rings (SSSR count). The first kappa shape index (κ1) is 22.3. The fourth-order valence-electron chi connectivity index (χ4n) is 3.32. The minimum atomic E-state index is -4.02. The molecule has 0 radical (unpaired) electrons. The maximum absolute atomic E-state index is 13.1. The van der Waals surface area contributed by atoms with Crippen LogP contribution >= 0.6 is 11.6 Å². The number of hydrogen-bond donors (Lipinski definition) is 1. The number of halogens is 2. The average molecular weight is 456 g/mol. The number of ether oxygens (including phenoxy) is 1. The van der Waals surface area contributed by atoms with Crippen molar-refractivity contribution in [2.45, 2.75) is 17.9 Å². The smallest absolute Gasteiger partial charge is 0.245 e. The van der Waals surface area contributed by atoms with E-state index in [-0.39, 0.29) is 27.4 Å². The van der Waals surface area contributed by atoms with Gasteiger partial charge in [-0.3, -0.25) is 4.79 Å². The minimum Gasteiger partial charge on any atom is -0.495 e. The Morgan fingerprint density at radius 2 is 1.77 bits per heavy atom. The molecule has 1 heterocycles. The van der Waals surface area contributed by atoms with Crippen LogP contribution in [0, 0.1) is 5.82 Å². The summed E-state index contributed by atoms with van der Waals surface area (Å²) in [5, 5.41) is 0.243. The molecule has 1 atom stereocenters. The number of nitrogens with zero attached hydrogens (tertiary/aromatic N) is 2. The first-order chi connectivity index (χ1) is 14.2. The minimum absolute atomic E-state index is 0.127. The number of nitrogens with one attached hydrogen (secondary N) is 1. The van der Waals surface area contributed by atoms with Crippen molar-refractivity contribution >= 4 is 33.2 Å². The van der Waals surface area contributed by atoms with Crippen LogP contribution in [0.2, 0.25) is 5.02 Å². The molecule has 0 unspecified atom stereocenters. The number of anilines is 1. The normalized spacial score (nSPS) is 15.7. The first-order valence-electron chi connectivity index (χ1n) is 9.36. The Labute approximate surface area is 180 Å². The van der Waals surface area contributed by atoms with Gasteiger partial charge in [-0.25, -0.2) is 12.8 Å². The van der Waals surface area contributed by atoms with Gasteiger partial charge in [0.05, 0.1) is 13.2 Å². The van der Waals surface area contributed by atoms with Gasteiger partial charge in [0.1, 0.15) is 16.5 Å². The summed E-state index contributed by atoms with van der Waals surface area (Å²) in [4.78, 5) is 16.3. The molecule has 7 nitrogen and oxygen atoms in total. The number of sulfonamides is 1. The fraction of sp³-hybridized carbons (Fsp3) is 0.350. The van der Waals surface area contributed by atoms with Crippen LogP contribution in [-0.2, 0) is 14.8 Å². The highest BCUT2D eigenvalue weighted by atomic mass is 35.5. The SMILES string of the molecule is COc1ccc(Cl)cc1S(=O)(=O)N[C@@H](C)C(=O)N1CCN(c2ccc(F)cc2)CC1. The van der Waals surface area contributed by atoms with E-state index in [1.165, 1.54) is 44.4 Å². The van der Waals surface area contributed by atoms with Crippen LogP contribution in [0.4, 0.5) is 10.1 Å². The van der Waals surface area contributed by atoms with Crippen molar-refractivity contribution in [1.82, 2.24) is 9.62 Å². The molecule has 10 heteroatoms. The summed E-state index contributed by atoms with van der Waals surface area (Å²) in [6, 6.07) is 9.48. The molecule has 0 bridgehead atoms. The zero-order valence-electron chi connectivity index (χ0n) is 16.6. The van der Waals surface area contributed by atoms with Crippen LogP contribution < -0.4 is 14.4 Å². The molecule has 0 aromatic heterocycles. The average Bonchev–Trinajstić information content (AvgIpc) is 2.73. The van der Waals surface area contributed by atoms with E-state index in [2.05, 4.69) is 9.62 Å². The van der Waals surface area contributed by atoms with Crippen molar-refractivity contribution in [2.75, 3.05) is 38.2 Å². The van der Waals surface area contributed by atoms with E-state index in [0.29, 0.717) is 26.2 Å². The van der Waals surface area contributed by atoms with Crippen molar-refractivity contribution in [3.05, 3.63) is 53.3 Å². The third-order valence-corrected chi connectivity index (χ3v) is 6.70. The summed E-state index contributed by atoms with van der Waals surface area (Å²) in [5.74, 6) is -0.484. The second-order valence-electron chi connectivity index (χ2n) is 6.93. The molecule has 1 saturated heterocycles. The summed E-state index contributed by atoms with van der Waals surface area (Å²) in [6.45, 7) is 3.51. The molecular weight excluding hydrogens is 433 g/mol. The molecule has 2 aromatic carbocycles. The predicted octanol–water partition coefficient (Wildman–Crippen LogP) is 2.50. The van der Waals surface area contributed by atoms with Gasteiger partial charge in [-0.15, -0.1) is 0 Å². The van der Waals surface area contributed by atoms with E-state index in [0.717, 1.165) is 5.69 Å². The lowest BCUT2D eigenvalue weighted by Crippen LogP contribution is -2.54. The number of benzene rings is 2. The number of hydrogen-bond acceptors (Lipinski definition) is 5. The van der Waals surface area contributed by atoms with E-state index in [9.17, 15) is 17.6 Å². The second-order valence-corrected chi connectivity index (χ2v) is 9.05. The zero-order chi connectivity index (χ0) is 21.9.